The van der Waals surface area contributed by atoms with E-state index in [1.807, 2.05) is 0 Å². The lowest BCUT2D eigenvalue weighted by Crippen LogP contribution is -2.17. The molecule has 0 heterocycles. The lowest BCUT2D eigenvalue weighted by atomic mass is 10.2. The molecule has 0 aliphatic rings. The first-order chi connectivity index (χ1) is 10.5. The summed E-state index contributed by atoms with van der Waals surface area (Å²) < 4.78 is 23.2. The third kappa shape index (κ3) is 3.73. The van der Waals surface area contributed by atoms with Gasteiger partial charge in [-0.25, -0.2) is 9.18 Å². The second kappa shape index (κ2) is 6.91. The first-order valence-electron chi connectivity index (χ1n) is 6.10. The van der Waals surface area contributed by atoms with Gasteiger partial charge in [0, 0.05) is 11.3 Å². The minimum Gasteiger partial charge on any atom is -0.493 e. The first kappa shape index (κ1) is 15.8. The molecule has 0 aliphatic carbocycles. The highest BCUT2D eigenvalue weighted by atomic mass is 35.5. The number of carbonyl (C=O) groups excluding carboxylic acids is 2. The third-order valence-corrected chi connectivity index (χ3v) is 2.98. The molecule has 5 nitrogen and oxygen atoms in total. The van der Waals surface area contributed by atoms with Crippen LogP contribution in [-0.4, -0.2) is 19.5 Å². The number of halogens is 2. The number of hydrogen-bond acceptors (Lipinski definition) is 4. The van der Waals surface area contributed by atoms with Crippen molar-refractivity contribution in [3.8, 4) is 11.5 Å². The zero-order chi connectivity index (χ0) is 16.1. The van der Waals surface area contributed by atoms with E-state index in [4.69, 9.17) is 21.1 Å². The van der Waals surface area contributed by atoms with E-state index >= 15 is 0 Å². The number of methoxy groups -OCH3 is 1. The summed E-state index contributed by atoms with van der Waals surface area (Å²) in [5, 5.41) is 2.28. The van der Waals surface area contributed by atoms with E-state index in [2.05, 4.69) is 5.32 Å². The van der Waals surface area contributed by atoms with Crippen LogP contribution in [0.1, 0.15) is 10.4 Å². The van der Waals surface area contributed by atoms with Gasteiger partial charge in [0.2, 0.25) is 0 Å². The van der Waals surface area contributed by atoms with Crippen LogP contribution in [-0.2, 0) is 0 Å². The summed E-state index contributed by atoms with van der Waals surface area (Å²) in [6, 6.07) is 8.06. The molecule has 0 aromatic heterocycles. The zero-order valence-electron chi connectivity index (χ0n) is 11.4. The number of amides is 1. The SMILES string of the molecule is COc1cc(C=O)ccc1OC(=O)Nc1ccc(F)c(Cl)c1. The average Bonchev–Trinajstić information content (AvgIpc) is 2.51. The molecule has 0 unspecified atom stereocenters. The van der Waals surface area contributed by atoms with Crippen LogP contribution in [0.15, 0.2) is 36.4 Å². The van der Waals surface area contributed by atoms with E-state index in [0.29, 0.717) is 11.8 Å². The van der Waals surface area contributed by atoms with Gasteiger partial charge >= 0.3 is 6.09 Å². The van der Waals surface area contributed by atoms with Crippen molar-refractivity contribution in [2.24, 2.45) is 0 Å². The van der Waals surface area contributed by atoms with E-state index < -0.39 is 11.9 Å². The third-order valence-electron chi connectivity index (χ3n) is 2.69. The summed E-state index contributed by atoms with van der Waals surface area (Å²) in [6.45, 7) is 0. The van der Waals surface area contributed by atoms with Crippen LogP contribution in [0.3, 0.4) is 0 Å². The number of hydrogen-bond donors (Lipinski definition) is 1. The largest absolute Gasteiger partial charge is 0.493 e. The lowest BCUT2D eigenvalue weighted by Gasteiger charge is -2.10. The summed E-state index contributed by atoms with van der Waals surface area (Å²) in [5.74, 6) is -0.220. The average molecular weight is 324 g/mol. The fraction of sp³-hybridized carbons (Fsp3) is 0.0667. The van der Waals surface area contributed by atoms with E-state index in [1.165, 1.54) is 37.4 Å². The standard InChI is InChI=1S/C15H11ClFNO4/c1-21-14-6-9(8-19)2-5-13(14)22-15(20)18-10-3-4-12(17)11(16)7-10/h2-8H,1H3,(H,18,20). The number of carbonyl (C=O) groups is 2. The van der Waals surface area contributed by atoms with Gasteiger partial charge < -0.3 is 9.47 Å². The Balaban J connectivity index is 2.11. The van der Waals surface area contributed by atoms with Crippen LogP contribution in [0, 0.1) is 5.82 Å². The van der Waals surface area contributed by atoms with Crippen molar-refractivity contribution in [3.05, 3.63) is 52.8 Å². The maximum Gasteiger partial charge on any atom is 0.417 e. The van der Waals surface area contributed by atoms with Crippen LogP contribution < -0.4 is 14.8 Å². The van der Waals surface area contributed by atoms with Crippen molar-refractivity contribution in [2.45, 2.75) is 0 Å². The fourth-order valence-electron chi connectivity index (χ4n) is 1.66. The molecule has 0 saturated heterocycles. The molecular formula is C15H11ClFNO4. The molecule has 0 spiro atoms. The van der Waals surface area contributed by atoms with Gasteiger partial charge in [-0.1, -0.05) is 11.6 Å². The van der Waals surface area contributed by atoms with Gasteiger partial charge in [-0.2, -0.15) is 0 Å². The van der Waals surface area contributed by atoms with E-state index in [9.17, 15) is 14.0 Å². The molecule has 114 valence electrons. The van der Waals surface area contributed by atoms with Gasteiger partial charge in [-0.3, -0.25) is 10.1 Å². The summed E-state index contributed by atoms with van der Waals surface area (Å²) in [6.07, 6.45) is -0.160. The van der Waals surface area contributed by atoms with Crippen LogP contribution in [0.25, 0.3) is 0 Å². The Bertz CT molecular complexity index is 721. The summed E-state index contributed by atoms with van der Waals surface area (Å²) in [4.78, 5) is 22.5. The number of rotatable bonds is 4. The monoisotopic (exact) mass is 323 g/mol. The molecule has 0 radical (unpaired) electrons. The van der Waals surface area contributed by atoms with Crippen LogP contribution in [0.5, 0.6) is 11.5 Å². The second-order valence-corrected chi connectivity index (χ2v) is 4.58. The van der Waals surface area contributed by atoms with E-state index in [-0.39, 0.29) is 22.2 Å². The Morgan fingerprint density at radius 1 is 1.23 bits per heavy atom. The van der Waals surface area contributed by atoms with Crippen LogP contribution >= 0.6 is 11.6 Å². The molecule has 0 saturated carbocycles. The van der Waals surface area contributed by atoms with Crippen molar-refractivity contribution >= 4 is 29.7 Å². The summed E-state index contributed by atoms with van der Waals surface area (Å²) >= 11 is 5.62. The van der Waals surface area contributed by atoms with Crippen LogP contribution in [0.2, 0.25) is 5.02 Å². The molecule has 0 atom stereocenters. The second-order valence-electron chi connectivity index (χ2n) is 4.17. The Morgan fingerprint density at radius 3 is 2.64 bits per heavy atom. The highest BCUT2D eigenvalue weighted by molar-refractivity contribution is 6.31. The van der Waals surface area contributed by atoms with Crippen molar-refractivity contribution in [1.82, 2.24) is 0 Å². The number of anilines is 1. The molecule has 0 fully saturated rings. The zero-order valence-corrected chi connectivity index (χ0v) is 12.2. The normalized spacial score (nSPS) is 9.95. The Labute approximate surface area is 130 Å². The Morgan fingerprint density at radius 2 is 2.00 bits per heavy atom. The van der Waals surface area contributed by atoms with E-state index in [1.54, 1.807) is 0 Å². The maximum atomic E-state index is 13.0. The molecule has 1 amide bonds. The number of aldehydes is 1. The maximum absolute atomic E-state index is 13.0. The van der Waals surface area contributed by atoms with Crippen molar-refractivity contribution in [1.29, 1.82) is 0 Å². The predicted molar refractivity (Wildman–Crippen MR) is 79.4 cm³/mol. The number of nitrogens with one attached hydrogen (secondary N) is 1. The smallest absolute Gasteiger partial charge is 0.417 e. The molecule has 0 aliphatic heterocycles. The van der Waals surface area contributed by atoms with Crippen molar-refractivity contribution < 1.29 is 23.5 Å². The topological polar surface area (TPSA) is 64.6 Å². The highest BCUT2D eigenvalue weighted by Crippen LogP contribution is 2.28. The fourth-order valence-corrected chi connectivity index (χ4v) is 1.84. The quantitative estimate of drug-likeness (QED) is 0.866. The van der Waals surface area contributed by atoms with Gasteiger partial charge in [-0.05, 0) is 36.4 Å². The van der Waals surface area contributed by atoms with Gasteiger partial charge in [0.1, 0.15) is 12.1 Å². The van der Waals surface area contributed by atoms with Gasteiger partial charge in [0.05, 0.1) is 12.1 Å². The van der Waals surface area contributed by atoms with Crippen molar-refractivity contribution in [3.63, 3.8) is 0 Å². The predicted octanol–water partition coefficient (Wildman–Crippen LogP) is 3.91. The number of ether oxygens (including phenoxy) is 2. The van der Waals surface area contributed by atoms with Gasteiger partial charge in [0.25, 0.3) is 0 Å². The molecule has 1 N–H and O–H groups in total. The molecular weight excluding hydrogens is 313 g/mol. The Hall–Kier alpha value is -2.60. The molecule has 2 aromatic rings. The van der Waals surface area contributed by atoms with E-state index in [0.717, 1.165) is 6.07 Å². The molecule has 22 heavy (non-hydrogen) atoms. The molecule has 2 aromatic carbocycles. The molecule has 7 heteroatoms. The molecule has 2 rings (SSSR count). The van der Waals surface area contributed by atoms with Crippen molar-refractivity contribution in [2.75, 3.05) is 12.4 Å². The van der Waals surface area contributed by atoms with Gasteiger partial charge in [0.15, 0.2) is 11.5 Å². The highest BCUT2D eigenvalue weighted by Gasteiger charge is 2.12. The summed E-state index contributed by atoms with van der Waals surface area (Å²) in [5.41, 5.74) is 0.662. The minimum absolute atomic E-state index is 0.120. The van der Waals surface area contributed by atoms with Crippen LogP contribution in [0.4, 0.5) is 14.9 Å². The number of benzene rings is 2. The first-order valence-corrected chi connectivity index (χ1v) is 6.48. The van der Waals surface area contributed by atoms with Gasteiger partial charge in [-0.15, -0.1) is 0 Å². The Kier molecular flexibility index (Phi) is 4.95. The summed E-state index contributed by atoms with van der Waals surface area (Å²) in [7, 11) is 1.38. The minimum atomic E-state index is -0.806. The lowest BCUT2D eigenvalue weighted by molar-refractivity contribution is 0.112. The molecule has 0 bridgehead atoms.